The summed E-state index contributed by atoms with van der Waals surface area (Å²) >= 11 is 0. The van der Waals surface area contributed by atoms with Gasteiger partial charge in [0.2, 0.25) is 12.7 Å². The topological polar surface area (TPSA) is 67.8 Å². The van der Waals surface area contributed by atoms with E-state index in [0.717, 1.165) is 12.1 Å². The van der Waals surface area contributed by atoms with Crippen molar-refractivity contribution in [2.75, 3.05) is 13.3 Å². The molecule has 2 N–H and O–H groups in total. The summed E-state index contributed by atoms with van der Waals surface area (Å²) in [6, 6.07) is 9.77. The van der Waals surface area contributed by atoms with E-state index < -0.39 is 17.3 Å². The van der Waals surface area contributed by atoms with Crippen LogP contribution >= 0.6 is 0 Å². The van der Waals surface area contributed by atoms with Crippen LogP contribution in [0.2, 0.25) is 0 Å². The normalized spacial score (nSPS) is 15.2. The van der Waals surface area contributed by atoms with Crippen molar-refractivity contribution in [2.24, 2.45) is 0 Å². The Morgan fingerprint density at radius 1 is 1.07 bits per heavy atom. The summed E-state index contributed by atoms with van der Waals surface area (Å²) in [6.07, 6.45) is -3.98. The van der Waals surface area contributed by atoms with Gasteiger partial charge in [-0.05, 0) is 48.7 Å². The molecule has 1 aliphatic heterocycles. The average Bonchev–Trinajstić information content (AvgIpc) is 3.12. The van der Waals surface area contributed by atoms with Crippen LogP contribution in [0.3, 0.4) is 0 Å². The van der Waals surface area contributed by atoms with E-state index in [1.165, 1.54) is 12.1 Å². The van der Waals surface area contributed by atoms with Crippen molar-refractivity contribution in [1.29, 1.82) is 0 Å². The SMILES string of the molecule is C[C@@](O)(CNC(=O)CCc1ccc(C(F)(F)F)cc1)c1ccc2c(c1)OCO2. The third-order valence-corrected chi connectivity index (χ3v) is 4.55. The van der Waals surface area contributed by atoms with E-state index in [4.69, 9.17) is 9.47 Å². The molecule has 8 heteroatoms. The number of aryl methyl sites for hydroxylation is 1. The largest absolute Gasteiger partial charge is 0.454 e. The summed E-state index contributed by atoms with van der Waals surface area (Å²) in [4.78, 5) is 12.1. The van der Waals surface area contributed by atoms with Gasteiger partial charge in [-0.1, -0.05) is 18.2 Å². The lowest BCUT2D eigenvalue weighted by molar-refractivity contribution is -0.137. The van der Waals surface area contributed by atoms with Crippen LogP contribution in [0, 0.1) is 0 Å². The van der Waals surface area contributed by atoms with Gasteiger partial charge in [0.15, 0.2) is 11.5 Å². The van der Waals surface area contributed by atoms with Gasteiger partial charge in [0, 0.05) is 6.42 Å². The van der Waals surface area contributed by atoms with E-state index in [1.54, 1.807) is 25.1 Å². The molecule has 1 heterocycles. The maximum atomic E-state index is 12.6. The van der Waals surface area contributed by atoms with Gasteiger partial charge in [0.1, 0.15) is 5.60 Å². The number of carbonyl (C=O) groups is 1. The number of carbonyl (C=O) groups excluding carboxylic acids is 1. The lowest BCUT2D eigenvalue weighted by atomic mass is 9.95. The number of amides is 1. The van der Waals surface area contributed by atoms with Crippen molar-refractivity contribution in [1.82, 2.24) is 5.32 Å². The van der Waals surface area contributed by atoms with Crippen molar-refractivity contribution in [3.8, 4) is 11.5 Å². The maximum absolute atomic E-state index is 12.6. The first-order valence-electron chi connectivity index (χ1n) is 8.70. The minimum Gasteiger partial charge on any atom is -0.454 e. The Morgan fingerprint density at radius 2 is 1.71 bits per heavy atom. The summed E-state index contributed by atoms with van der Waals surface area (Å²) < 4.78 is 48.2. The van der Waals surface area contributed by atoms with Crippen LogP contribution in [0.1, 0.15) is 30.0 Å². The predicted octanol–water partition coefficient (Wildman–Crippen LogP) is 3.39. The predicted molar refractivity (Wildman–Crippen MR) is 94.9 cm³/mol. The van der Waals surface area contributed by atoms with E-state index in [2.05, 4.69) is 5.32 Å². The molecule has 5 nitrogen and oxygen atoms in total. The average molecular weight is 395 g/mol. The molecule has 2 aromatic rings. The van der Waals surface area contributed by atoms with Crippen LogP contribution in [-0.2, 0) is 23.0 Å². The van der Waals surface area contributed by atoms with Gasteiger partial charge < -0.3 is 19.9 Å². The second kappa shape index (κ2) is 7.71. The Kier molecular flexibility index (Phi) is 5.51. The molecule has 1 amide bonds. The molecule has 0 spiro atoms. The molecular formula is C20H20F3NO4. The number of hydrogen-bond acceptors (Lipinski definition) is 4. The monoisotopic (exact) mass is 395 g/mol. The van der Waals surface area contributed by atoms with Gasteiger partial charge >= 0.3 is 6.18 Å². The minimum atomic E-state index is -4.38. The number of fused-ring (bicyclic) bond motifs is 1. The van der Waals surface area contributed by atoms with Gasteiger partial charge in [-0.25, -0.2) is 0 Å². The molecule has 0 radical (unpaired) electrons. The van der Waals surface area contributed by atoms with Crippen LogP contribution in [0.5, 0.6) is 11.5 Å². The van der Waals surface area contributed by atoms with Gasteiger partial charge in [-0.2, -0.15) is 13.2 Å². The maximum Gasteiger partial charge on any atom is 0.416 e. The molecule has 0 saturated heterocycles. The molecule has 2 aromatic carbocycles. The lowest BCUT2D eigenvalue weighted by Gasteiger charge is -2.24. The number of ether oxygens (including phenoxy) is 2. The zero-order chi connectivity index (χ0) is 20.4. The van der Waals surface area contributed by atoms with Crippen molar-refractivity contribution < 1.29 is 32.5 Å². The van der Waals surface area contributed by atoms with Crippen LogP contribution in [0.4, 0.5) is 13.2 Å². The molecular weight excluding hydrogens is 375 g/mol. The molecule has 0 bridgehead atoms. The summed E-state index contributed by atoms with van der Waals surface area (Å²) in [5.74, 6) is 0.826. The van der Waals surface area contributed by atoms with E-state index in [1.807, 2.05) is 0 Å². The van der Waals surface area contributed by atoms with E-state index in [0.29, 0.717) is 29.0 Å². The smallest absolute Gasteiger partial charge is 0.416 e. The van der Waals surface area contributed by atoms with E-state index >= 15 is 0 Å². The quantitative estimate of drug-likeness (QED) is 0.787. The lowest BCUT2D eigenvalue weighted by Crippen LogP contribution is -2.38. The van der Waals surface area contributed by atoms with Crippen molar-refractivity contribution in [2.45, 2.75) is 31.5 Å². The summed E-state index contributed by atoms with van der Waals surface area (Å²) in [5, 5.41) is 13.3. The molecule has 0 aliphatic carbocycles. The highest BCUT2D eigenvalue weighted by Gasteiger charge is 2.30. The molecule has 0 unspecified atom stereocenters. The molecule has 0 aromatic heterocycles. The molecule has 0 fully saturated rings. The van der Waals surface area contributed by atoms with Gasteiger partial charge in [-0.3, -0.25) is 4.79 Å². The number of aliphatic hydroxyl groups is 1. The molecule has 28 heavy (non-hydrogen) atoms. The second-order valence-electron chi connectivity index (χ2n) is 6.81. The highest BCUT2D eigenvalue weighted by Crippen LogP contribution is 2.35. The fourth-order valence-corrected chi connectivity index (χ4v) is 2.81. The van der Waals surface area contributed by atoms with Gasteiger partial charge in [-0.15, -0.1) is 0 Å². The molecule has 0 saturated carbocycles. The number of benzene rings is 2. The highest BCUT2D eigenvalue weighted by molar-refractivity contribution is 5.76. The fourth-order valence-electron chi connectivity index (χ4n) is 2.81. The number of alkyl halides is 3. The summed E-state index contributed by atoms with van der Waals surface area (Å²) in [6.45, 7) is 1.68. The minimum absolute atomic E-state index is 0.0154. The zero-order valence-corrected chi connectivity index (χ0v) is 15.2. The van der Waals surface area contributed by atoms with Crippen LogP contribution in [-0.4, -0.2) is 24.4 Å². The van der Waals surface area contributed by atoms with Gasteiger partial charge in [0.25, 0.3) is 0 Å². The van der Waals surface area contributed by atoms with E-state index in [9.17, 15) is 23.1 Å². The first-order chi connectivity index (χ1) is 13.1. The summed E-state index contributed by atoms with van der Waals surface area (Å²) in [5.41, 5.74) is -0.837. The standard InChI is InChI=1S/C20H20F3NO4/c1-19(26,15-7-8-16-17(10-15)28-12-27-16)11-24-18(25)9-4-13-2-5-14(6-3-13)20(21,22)23/h2-3,5-8,10,26H,4,9,11-12H2,1H3,(H,24,25)/t19-/m1/s1. The van der Waals surface area contributed by atoms with E-state index in [-0.39, 0.29) is 25.7 Å². The molecule has 1 aliphatic rings. The van der Waals surface area contributed by atoms with Crippen molar-refractivity contribution in [3.05, 3.63) is 59.2 Å². The Balaban J connectivity index is 1.51. The Hall–Kier alpha value is -2.74. The van der Waals surface area contributed by atoms with Crippen LogP contribution in [0.25, 0.3) is 0 Å². The molecule has 3 rings (SSSR count). The Morgan fingerprint density at radius 3 is 2.39 bits per heavy atom. The molecule has 1 atom stereocenters. The zero-order valence-electron chi connectivity index (χ0n) is 15.2. The number of halogens is 3. The van der Waals surface area contributed by atoms with Crippen LogP contribution in [0.15, 0.2) is 42.5 Å². The van der Waals surface area contributed by atoms with Crippen molar-refractivity contribution in [3.63, 3.8) is 0 Å². The first-order valence-corrected chi connectivity index (χ1v) is 8.70. The fraction of sp³-hybridized carbons (Fsp3) is 0.350. The molecule has 150 valence electrons. The Labute approximate surface area is 160 Å². The third kappa shape index (κ3) is 4.75. The van der Waals surface area contributed by atoms with Crippen molar-refractivity contribution >= 4 is 5.91 Å². The van der Waals surface area contributed by atoms with Gasteiger partial charge in [0.05, 0.1) is 12.1 Å². The highest BCUT2D eigenvalue weighted by atomic mass is 19.4. The number of hydrogen-bond donors (Lipinski definition) is 2. The number of nitrogens with one attached hydrogen (secondary N) is 1. The summed E-state index contributed by atoms with van der Waals surface area (Å²) in [7, 11) is 0. The Bertz CT molecular complexity index is 848. The first kappa shape index (κ1) is 20.0. The number of rotatable bonds is 6. The second-order valence-corrected chi connectivity index (χ2v) is 6.81. The van der Waals surface area contributed by atoms with Crippen LogP contribution < -0.4 is 14.8 Å². The third-order valence-electron chi connectivity index (χ3n) is 4.55.